The van der Waals surface area contributed by atoms with E-state index in [0.29, 0.717) is 22.9 Å². The number of anilines is 2. The molecule has 7 nitrogen and oxygen atoms in total. The number of nitrogens with one attached hydrogen (secondary N) is 1. The summed E-state index contributed by atoms with van der Waals surface area (Å²) in [7, 11) is -0.866. The highest BCUT2D eigenvalue weighted by Gasteiger charge is 2.25. The number of sulfonamides is 1. The minimum atomic E-state index is -3.85. The molecule has 0 spiro atoms. The first-order chi connectivity index (χ1) is 12.8. The van der Waals surface area contributed by atoms with Crippen molar-refractivity contribution in [3.63, 3.8) is 0 Å². The molecule has 2 rings (SSSR count). The minimum absolute atomic E-state index is 0.0747. The van der Waals surface area contributed by atoms with Gasteiger partial charge >= 0.3 is 0 Å². The molecule has 8 heteroatoms. The fraction of sp³-hybridized carbons (Fsp3) is 0.211. The van der Waals surface area contributed by atoms with E-state index < -0.39 is 10.0 Å². The lowest BCUT2D eigenvalue weighted by molar-refractivity contribution is -0.114. The van der Waals surface area contributed by atoms with Gasteiger partial charge in [-0.2, -0.15) is 0 Å². The van der Waals surface area contributed by atoms with E-state index >= 15 is 0 Å². The molecule has 0 atom stereocenters. The number of benzene rings is 2. The lowest BCUT2D eigenvalue weighted by Gasteiger charge is -2.24. The van der Waals surface area contributed by atoms with Crippen LogP contribution in [0.2, 0.25) is 0 Å². The van der Waals surface area contributed by atoms with Gasteiger partial charge in [-0.1, -0.05) is 6.08 Å². The molecule has 0 aliphatic heterocycles. The molecule has 2 aromatic rings. The number of rotatable bonds is 8. The summed E-state index contributed by atoms with van der Waals surface area (Å²) in [6.07, 6.45) is 1.50. The van der Waals surface area contributed by atoms with Gasteiger partial charge in [0.15, 0.2) is 11.5 Å². The quantitative estimate of drug-likeness (QED) is 0.701. The van der Waals surface area contributed by atoms with Gasteiger partial charge in [0.05, 0.1) is 31.3 Å². The maximum absolute atomic E-state index is 13.1. The second kappa shape index (κ2) is 8.59. The number of hydrogen-bond acceptors (Lipinski definition) is 5. The van der Waals surface area contributed by atoms with Gasteiger partial charge in [0.2, 0.25) is 5.91 Å². The van der Waals surface area contributed by atoms with Gasteiger partial charge in [0.1, 0.15) is 0 Å². The fourth-order valence-corrected chi connectivity index (χ4v) is 3.91. The molecular weight excluding hydrogens is 368 g/mol. The predicted molar refractivity (Wildman–Crippen MR) is 105 cm³/mol. The van der Waals surface area contributed by atoms with Crippen molar-refractivity contribution in [1.82, 2.24) is 0 Å². The number of carbonyl (C=O) groups is 1. The number of methoxy groups -OCH3 is 2. The van der Waals surface area contributed by atoms with Crippen LogP contribution in [-0.2, 0) is 14.8 Å². The molecule has 0 saturated carbocycles. The van der Waals surface area contributed by atoms with Crippen molar-refractivity contribution in [3.8, 4) is 11.5 Å². The summed E-state index contributed by atoms with van der Waals surface area (Å²) in [5.41, 5.74) is 0.932. The van der Waals surface area contributed by atoms with Crippen LogP contribution in [0.15, 0.2) is 60.0 Å². The number of amides is 1. The third-order valence-corrected chi connectivity index (χ3v) is 5.52. The lowest BCUT2D eigenvalue weighted by Crippen LogP contribution is -2.31. The summed E-state index contributed by atoms with van der Waals surface area (Å²) in [5, 5.41) is 2.60. The monoisotopic (exact) mass is 390 g/mol. The molecule has 0 aromatic heterocycles. The summed E-state index contributed by atoms with van der Waals surface area (Å²) >= 11 is 0. The van der Waals surface area contributed by atoms with Crippen molar-refractivity contribution in [2.75, 3.05) is 30.4 Å². The van der Waals surface area contributed by atoms with E-state index in [-0.39, 0.29) is 17.3 Å². The Morgan fingerprint density at radius 1 is 1.11 bits per heavy atom. The lowest BCUT2D eigenvalue weighted by atomic mass is 10.2. The Morgan fingerprint density at radius 3 is 2.26 bits per heavy atom. The fourth-order valence-electron chi connectivity index (χ4n) is 2.48. The van der Waals surface area contributed by atoms with Crippen LogP contribution < -0.4 is 19.1 Å². The zero-order chi connectivity index (χ0) is 20.0. The molecule has 0 saturated heterocycles. The van der Waals surface area contributed by atoms with Crippen LogP contribution >= 0.6 is 0 Å². The molecule has 1 amide bonds. The zero-order valence-electron chi connectivity index (χ0n) is 15.4. The summed E-state index contributed by atoms with van der Waals surface area (Å²) in [5.74, 6) is 0.682. The van der Waals surface area contributed by atoms with Crippen molar-refractivity contribution in [2.24, 2.45) is 0 Å². The molecule has 0 aliphatic rings. The summed E-state index contributed by atoms with van der Waals surface area (Å²) in [6.45, 7) is 5.10. The van der Waals surface area contributed by atoms with E-state index in [4.69, 9.17) is 9.47 Å². The third-order valence-electron chi connectivity index (χ3n) is 3.71. The topological polar surface area (TPSA) is 84.9 Å². The normalized spacial score (nSPS) is 10.8. The minimum Gasteiger partial charge on any atom is -0.493 e. The first-order valence-corrected chi connectivity index (χ1v) is 9.50. The molecule has 2 aromatic carbocycles. The molecule has 0 unspecified atom stereocenters. The molecule has 0 heterocycles. The van der Waals surface area contributed by atoms with E-state index in [1.165, 1.54) is 55.8 Å². The van der Waals surface area contributed by atoms with Gasteiger partial charge in [0, 0.05) is 18.7 Å². The average Bonchev–Trinajstić information content (AvgIpc) is 2.65. The van der Waals surface area contributed by atoms with Crippen LogP contribution in [0.1, 0.15) is 6.92 Å². The van der Waals surface area contributed by atoms with Crippen LogP contribution in [0, 0.1) is 0 Å². The van der Waals surface area contributed by atoms with E-state index in [9.17, 15) is 13.2 Å². The van der Waals surface area contributed by atoms with E-state index in [1.54, 1.807) is 18.2 Å². The Hall–Kier alpha value is -3.00. The van der Waals surface area contributed by atoms with Gasteiger partial charge in [-0.15, -0.1) is 6.58 Å². The zero-order valence-corrected chi connectivity index (χ0v) is 16.2. The first-order valence-electron chi connectivity index (χ1n) is 8.06. The van der Waals surface area contributed by atoms with Crippen LogP contribution in [0.4, 0.5) is 11.4 Å². The van der Waals surface area contributed by atoms with E-state index in [1.807, 2.05) is 0 Å². The average molecular weight is 390 g/mol. The van der Waals surface area contributed by atoms with Crippen molar-refractivity contribution < 1.29 is 22.7 Å². The van der Waals surface area contributed by atoms with Crippen molar-refractivity contribution in [1.29, 1.82) is 0 Å². The smallest absolute Gasteiger partial charge is 0.264 e. The van der Waals surface area contributed by atoms with Crippen molar-refractivity contribution >= 4 is 27.3 Å². The standard InChI is InChI=1S/C19H22N2O5S/c1-5-12-21(16-8-11-18(25-3)19(13-16)26-4)27(23,24)17-9-6-15(7-10-17)20-14(2)22/h5-11,13H,1,12H2,2-4H3,(H,20,22). The van der Waals surface area contributed by atoms with Gasteiger partial charge in [0.25, 0.3) is 10.0 Å². The molecule has 0 fully saturated rings. The Morgan fingerprint density at radius 2 is 1.74 bits per heavy atom. The van der Waals surface area contributed by atoms with E-state index in [0.717, 1.165) is 0 Å². The number of hydrogen-bond donors (Lipinski definition) is 1. The molecule has 0 bridgehead atoms. The van der Waals surface area contributed by atoms with Gasteiger partial charge in [-0.3, -0.25) is 9.10 Å². The van der Waals surface area contributed by atoms with Crippen LogP contribution in [-0.4, -0.2) is 35.1 Å². The molecule has 144 valence electrons. The van der Waals surface area contributed by atoms with Crippen LogP contribution in [0.25, 0.3) is 0 Å². The van der Waals surface area contributed by atoms with E-state index in [2.05, 4.69) is 11.9 Å². The summed E-state index contributed by atoms with van der Waals surface area (Å²) < 4.78 is 37.9. The largest absolute Gasteiger partial charge is 0.493 e. The second-order valence-corrected chi connectivity index (χ2v) is 7.43. The Labute approximate surface area is 159 Å². The molecule has 1 N–H and O–H groups in total. The van der Waals surface area contributed by atoms with Crippen molar-refractivity contribution in [3.05, 3.63) is 55.1 Å². The number of carbonyl (C=O) groups excluding carboxylic acids is 1. The molecular formula is C19H22N2O5S. The van der Waals surface area contributed by atoms with Gasteiger partial charge < -0.3 is 14.8 Å². The predicted octanol–water partition coefficient (Wildman–Crippen LogP) is 3.04. The van der Waals surface area contributed by atoms with Gasteiger partial charge in [-0.05, 0) is 36.4 Å². The summed E-state index contributed by atoms with van der Waals surface area (Å²) in [6, 6.07) is 10.8. The maximum Gasteiger partial charge on any atom is 0.264 e. The second-order valence-electron chi connectivity index (χ2n) is 5.57. The van der Waals surface area contributed by atoms with Crippen molar-refractivity contribution in [2.45, 2.75) is 11.8 Å². The molecule has 27 heavy (non-hydrogen) atoms. The Bertz CT molecular complexity index is 924. The number of ether oxygens (including phenoxy) is 2. The SMILES string of the molecule is C=CCN(c1ccc(OC)c(OC)c1)S(=O)(=O)c1ccc(NC(C)=O)cc1. The highest BCUT2D eigenvalue weighted by atomic mass is 32.2. The third kappa shape index (κ3) is 4.59. The van der Waals surface area contributed by atoms with Crippen LogP contribution in [0.3, 0.4) is 0 Å². The molecule has 0 aliphatic carbocycles. The highest BCUT2D eigenvalue weighted by Crippen LogP contribution is 2.33. The number of nitrogens with zero attached hydrogens (tertiary/aromatic N) is 1. The highest BCUT2D eigenvalue weighted by molar-refractivity contribution is 7.92. The first kappa shape index (κ1) is 20.3. The maximum atomic E-state index is 13.1. The molecule has 0 radical (unpaired) electrons. The Balaban J connectivity index is 2.45. The Kier molecular flexibility index (Phi) is 6.46. The van der Waals surface area contributed by atoms with Gasteiger partial charge in [-0.25, -0.2) is 8.42 Å². The summed E-state index contributed by atoms with van der Waals surface area (Å²) in [4.78, 5) is 11.2. The van der Waals surface area contributed by atoms with Crippen LogP contribution in [0.5, 0.6) is 11.5 Å².